The maximum atomic E-state index is 13.6. The van der Waals surface area contributed by atoms with Gasteiger partial charge in [-0.05, 0) is 13.8 Å². The molecule has 2 unspecified atom stereocenters. The smallest absolute Gasteiger partial charge is 0.373 e. The first-order chi connectivity index (χ1) is 12.8. The summed E-state index contributed by atoms with van der Waals surface area (Å²) in [6, 6.07) is 1.39. The summed E-state index contributed by atoms with van der Waals surface area (Å²) in [5.41, 5.74) is -0.528. The molecule has 0 spiro atoms. The molecule has 2 heterocycles. The number of hydrogen-bond acceptors (Lipinski definition) is 7. The Balaban J connectivity index is 2.03. The minimum Gasteiger partial charge on any atom is -0.432 e. The highest BCUT2D eigenvalue weighted by atomic mass is 35.5. The summed E-state index contributed by atoms with van der Waals surface area (Å²) in [4.78, 5) is 20.4. The van der Waals surface area contributed by atoms with Gasteiger partial charge in [0.2, 0.25) is 5.82 Å². The van der Waals surface area contributed by atoms with Crippen molar-refractivity contribution in [2.45, 2.75) is 26.1 Å². The van der Waals surface area contributed by atoms with Crippen LogP contribution in [0.2, 0.25) is 5.02 Å². The molecule has 1 aliphatic rings. The van der Waals surface area contributed by atoms with Gasteiger partial charge in [-0.1, -0.05) is 11.6 Å². The van der Waals surface area contributed by atoms with Crippen molar-refractivity contribution >= 4 is 23.1 Å². The van der Waals surface area contributed by atoms with E-state index in [0.717, 1.165) is 12.4 Å². The molecule has 2 aromatic rings. The molecule has 8 nitrogen and oxygen atoms in total. The van der Waals surface area contributed by atoms with Crippen LogP contribution < -0.4 is 9.64 Å². The van der Waals surface area contributed by atoms with Gasteiger partial charge < -0.3 is 14.4 Å². The fraction of sp³-hybridized carbons (Fsp3) is 0.375. The van der Waals surface area contributed by atoms with Gasteiger partial charge in [0, 0.05) is 25.2 Å². The molecular formula is C16H15ClF2N4O4. The summed E-state index contributed by atoms with van der Waals surface area (Å²) in [7, 11) is 0. The number of anilines is 1. The van der Waals surface area contributed by atoms with Crippen molar-refractivity contribution in [3.8, 4) is 11.6 Å². The van der Waals surface area contributed by atoms with Crippen LogP contribution in [-0.2, 0) is 4.74 Å². The van der Waals surface area contributed by atoms with Gasteiger partial charge in [0.05, 0.1) is 17.1 Å². The summed E-state index contributed by atoms with van der Waals surface area (Å²) >= 11 is 5.77. The largest absolute Gasteiger partial charge is 0.432 e. The summed E-state index contributed by atoms with van der Waals surface area (Å²) < 4.78 is 38.0. The third-order valence-electron chi connectivity index (χ3n) is 3.84. The van der Waals surface area contributed by atoms with Crippen LogP contribution >= 0.6 is 11.6 Å². The van der Waals surface area contributed by atoms with E-state index in [9.17, 15) is 18.9 Å². The van der Waals surface area contributed by atoms with Gasteiger partial charge in [-0.25, -0.2) is 13.8 Å². The van der Waals surface area contributed by atoms with Crippen molar-refractivity contribution in [2.24, 2.45) is 0 Å². The van der Waals surface area contributed by atoms with Crippen LogP contribution in [0.3, 0.4) is 0 Å². The Morgan fingerprint density at radius 1 is 1.30 bits per heavy atom. The predicted molar refractivity (Wildman–Crippen MR) is 92.4 cm³/mol. The van der Waals surface area contributed by atoms with Crippen molar-refractivity contribution in [1.29, 1.82) is 0 Å². The highest BCUT2D eigenvalue weighted by Crippen LogP contribution is 2.39. The van der Waals surface area contributed by atoms with Crippen LogP contribution in [0.4, 0.5) is 20.3 Å². The Hall–Kier alpha value is -2.59. The van der Waals surface area contributed by atoms with Crippen LogP contribution in [0.1, 0.15) is 13.8 Å². The molecule has 3 rings (SSSR count). The van der Waals surface area contributed by atoms with Crippen molar-refractivity contribution in [3.63, 3.8) is 0 Å². The molecule has 11 heteroatoms. The van der Waals surface area contributed by atoms with Crippen molar-refractivity contribution in [1.82, 2.24) is 9.97 Å². The van der Waals surface area contributed by atoms with Crippen LogP contribution in [0.15, 0.2) is 18.5 Å². The molecule has 0 radical (unpaired) electrons. The Bertz CT molecular complexity index is 876. The maximum absolute atomic E-state index is 13.6. The number of nitro groups is 1. The number of hydrogen-bond donors (Lipinski definition) is 0. The molecule has 144 valence electrons. The average molecular weight is 401 g/mol. The monoisotopic (exact) mass is 400 g/mol. The molecular weight excluding hydrogens is 386 g/mol. The molecule has 1 saturated heterocycles. The second kappa shape index (κ2) is 7.57. The van der Waals surface area contributed by atoms with E-state index in [0.29, 0.717) is 19.2 Å². The van der Waals surface area contributed by atoms with Gasteiger partial charge in [-0.3, -0.25) is 10.1 Å². The van der Waals surface area contributed by atoms with Crippen molar-refractivity contribution < 1.29 is 23.2 Å². The standard InChI is InChI=1S/C16H15ClF2N4O4/c1-8-5-22(6-9(2)26-8)15-14(23(24)25)16(21-7-20-15)27-12-4-10(18)3-11(19)13(12)17/h3-4,7-9H,5-6H2,1-2H3. The summed E-state index contributed by atoms with van der Waals surface area (Å²) in [6.07, 6.45) is 0.741. The van der Waals surface area contributed by atoms with Gasteiger partial charge in [0.25, 0.3) is 0 Å². The Morgan fingerprint density at radius 3 is 2.59 bits per heavy atom. The number of morpholine rings is 1. The summed E-state index contributed by atoms with van der Waals surface area (Å²) in [5, 5.41) is 11.1. The Labute approximate surface area is 157 Å². The molecule has 0 aliphatic carbocycles. The minimum absolute atomic E-state index is 0.0278. The minimum atomic E-state index is -1.06. The molecule has 0 amide bonds. The number of aromatic nitrogens is 2. The number of nitrogens with zero attached hydrogens (tertiary/aromatic N) is 4. The first kappa shape index (κ1) is 19.2. The number of benzene rings is 1. The highest BCUT2D eigenvalue weighted by Gasteiger charge is 2.33. The lowest BCUT2D eigenvalue weighted by Gasteiger charge is -2.35. The van der Waals surface area contributed by atoms with Crippen LogP contribution in [0.5, 0.6) is 11.6 Å². The third kappa shape index (κ3) is 4.06. The molecule has 1 aliphatic heterocycles. The SMILES string of the molecule is CC1CN(c2ncnc(Oc3cc(F)cc(F)c3Cl)c2[N+](=O)[O-])CC(C)O1. The van der Waals surface area contributed by atoms with E-state index in [4.69, 9.17) is 21.1 Å². The molecule has 0 N–H and O–H groups in total. The van der Waals surface area contributed by atoms with E-state index in [1.54, 1.807) is 4.90 Å². The zero-order valence-electron chi connectivity index (χ0n) is 14.4. The van der Waals surface area contributed by atoms with Crippen molar-refractivity contribution in [3.05, 3.63) is 45.2 Å². The molecule has 1 aromatic heterocycles. The predicted octanol–water partition coefficient (Wildman–Crippen LogP) is 3.72. The van der Waals surface area contributed by atoms with Gasteiger partial charge in [-0.15, -0.1) is 0 Å². The zero-order valence-corrected chi connectivity index (χ0v) is 15.1. The summed E-state index contributed by atoms with van der Waals surface area (Å²) in [5.74, 6) is -2.87. The quantitative estimate of drug-likeness (QED) is 0.438. The highest BCUT2D eigenvalue weighted by molar-refractivity contribution is 6.32. The Kier molecular flexibility index (Phi) is 5.38. The number of rotatable bonds is 4. The van der Waals surface area contributed by atoms with Gasteiger partial charge >= 0.3 is 11.6 Å². The number of halogens is 3. The summed E-state index contributed by atoms with van der Waals surface area (Å²) in [6.45, 7) is 4.42. The lowest BCUT2D eigenvalue weighted by molar-refractivity contribution is -0.385. The van der Waals surface area contributed by atoms with E-state index in [-0.39, 0.29) is 18.0 Å². The third-order valence-corrected chi connectivity index (χ3v) is 4.20. The topological polar surface area (TPSA) is 90.6 Å². The molecule has 1 fully saturated rings. The normalized spacial score (nSPS) is 19.8. The second-order valence-corrected chi connectivity index (χ2v) is 6.45. The van der Waals surface area contributed by atoms with E-state index in [1.165, 1.54) is 0 Å². The molecule has 0 saturated carbocycles. The average Bonchev–Trinajstić information content (AvgIpc) is 2.58. The fourth-order valence-corrected chi connectivity index (χ4v) is 3.03. The van der Waals surface area contributed by atoms with Crippen molar-refractivity contribution in [2.75, 3.05) is 18.0 Å². The maximum Gasteiger partial charge on any atom is 0.373 e. The van der Waals surface area contributed by atoms with E-state index >= 15 is 0 Å². The van der Waals surface area contributed by atoms with Gasteiger partial charge in [0.15, 0.2) is 5.75 Å². The van der Waals surface area contributed by atoms with Crippen LogP contribution in [-0.4, -0.2) is 40.2 Å². The number of ether oxygens (including phenoxy) is 2. The van der Waals surface area contributed by atoms with E-state index in [1.807, 2.05) is 13.8 Å². The zero-order chi connectivity index (χ0) is 19.7. The first-order valence-corrected chi connectivity index (χ1v) is 8.36. The van der Waals surface area contributed by atoms with E-state index < -0.39 is 38.9 Å². The molecule has 2 atom stereocenters. The van der Waals surface area contributed by atoms with Crippen LogP contribution in [0, 0.1) is 21.7 Å². The molecule has 1 aromatic carbocycles. The molecule has 27 heavy (non-hydrogen) atoms. The second-order valence-electron chi connectivity index (χ2n) is 6.07. The Morgan fingerprint density at radius 2 is 1.96 bits per heavy atom. The lowest BCUT2D eigenvalue weighted by atomic mass is 10.2. The fourth-order valence-electron chi connectivity index (χ4n) is 2.88. The molecule has 0 bridgehead atoms. The van der Waals surface area contributed by atoms with Gasteiger partial charge in [0.1, 0.15) is 23.0 Å². The van der Waals surface area contributed by atoms with E-state index in [2.05, 4.69) is 9.97 Å². The first-order valence-electron chi connectivity index (χ1n) is 7.98. The van der Waals surface area contributed by atoms with Gasteiger partial charge in [-0.2, -0.15) is 4.98 Å². The van der Waals surface area contributed by atoms with Crippen LogP contribution in [0.25, 0.3) is 0 Å². The lowest BCUT2D eigenvalue weighted by Crippen LogP contribution is -2.46.